The summed E-state index contributed by atoms with van der Waals surface area (Å²) in [6.45, 7) is 6.49. The van der Waals surface area contributed by atoms with Gasteiger partial charge in [0.05, 0.1) is 18.0 Å². The molecule has 1 unspecified atom stereocenters. The quantitative estimate of drug-likeness (QED) is 0.647. The Labute approximate surface area is 153 Å². The molecule has 0 saturated heterocycles. The van der Waals surface area contributed by atoms with Crippen LogP contribution in [0.1, 0.15) is 37.6 Å². The molecular formula is C20H25N3OS. The molecule has 5 heteroatoms. The van der Waals surface area contributed by atoms with E-state index in [1.165, 1.54) is 21.6 Å². The summed E-state index contributed by atoms with van der Waals surface area (Å²) in [5, 5.41) is 14.0. The zero-order valence-corrected chi connectivity index (χ0v) is 15.9. The van der Waals surface area contributed by atoms with Gasteiger partial charge in [-0.15, -0.1) is 11.3 Å². The Morgan fingerprint density at radius 3 is 2.44 bits per heavy atom. The molecule has 3 rings (SSSR count). The van der Waals surface area contributed by atoms with Gasteiger partial charge in [-0.25, -0.2) is 9.97 Å². The van der Waals surface area contributed by atoms with Gasteiger partial charge >= 0.3 is 0 Å². The molecule has 2 aromatic heterocycles. The van der Waals surface area contributed by atoms with Gasteiger partial charge < -0.3 is 10.4 Å². The standard InChI is InChI=1S/C20H25N3OS/c1-4-13-7-9-14(10-8-13)17-16(6-3)25-20-18(17)19(21-12-22-20)23-15(5-2)11-24/h7-10,12,15,24H,4-6,11H2,1-3H3,(H,21,22,23). The first-order valence-electron chi connectivity index (χ1n) is 8.94. The maximum atomic E-state index is 9.55. The van der Waals surface area contributed by atoms with E-state index in [4.69, 9.17) is 0 Å². The number of aliphatic hydroxyl groups excluding tert-OH is 1. The molecule has 2 heterocycles. The number of rotatable bonds is 7. The van der Waals surface area contributed by atoms with Crippen LogP contribution >= 0.6 is 11.3 Å². The van der Waals surface area contributed by atoms with Gasteiger partial charge in [-0.2, -0.15) is 0 Å². The third-order valence-corrected chi connectivity index (χ3v) is 5.83. The zero-order valence-electron chi connectivity index (χ0n) is 15.0. The Balaban J connectivity index is 2.17. The van der Waals surface area contributed by atoms with Crippen LogP contribution in [0.15, 0.2) is 30.6 Å². The van der Waals surface area contributed by atoms with Crippen LogP contribution < -0.4 is 5.32 Å². The predicted octanol–water partition coefficient (Wildman–Crippen LogP) is 4.67. The highest BCUT2D eigenvalue weighted by Crippen LogP contribution is 2.41. The molecule has 0 saturated carbocycles. The van der Waals surface area contributed by atoms with E-state index >= 15 is 0 Å². The second-order valence-electron chi connectivity index (χ2n) is 6.14. The molecule has 1 atom stereocenters. The minimum Gasteiger partial charge on any atom is -0.394 e. The van der Waals surface area contributed by atoms with E-state index in [2.05, 4.69) is 60.3 Å². The van der Waals surface area contributed by atoms with Gasteiger partial charge in [0, 0.05) is 10.4 Å². The zero-order chi connectivity index (χ0) is 17.8. The Bertz CT molecular complexity index is 838. The van der Waals surface area contributed by atoms with Crippen molar-refractivity contribution in [3.63, 3.8) is 0 Å². The van der Waals surface area contributed by atoms with E-state index in [1.807, 2.05) is 0 Å². The normalized spacial score (nSPS) is 12.5. The van der Waals surface area contributed by atoms with Crippen molar-refractivity contribution in [2.75, 3.05) is 11.9 Å². The number of aryl methyl sites for hydroxylation is 2. The van der Waals surface area contributed by atoms with E-state index in [1.54, 1.807) is 17.7 Å². The fourth-order valence-corrected chi connectivity index (χ4v) is 4.12. The maximum absolute atomic E-state index is 9.55. The van der Waals surface area contributed by atoms with Gasteiger partial charge in [0.1, 0.15) is 17.0 Å². The van der Waals surface area contributed by atoms with Gasteiger partial charge in [-0.05, 0) is 30.4 Å². The molecule has 0 fully saturated rings. The van der Waals surface area contributed by atoms with Crippen molar-refractivity contribution >= 4 is 27.4 Å². The molecule has 0 aliphatic rings. The Hall–Kier alpha value is -1.98. The van der Waals surface area contributed by atoms with Crippen molar-refractivity contribution in [1.82, 2.24) is 9.97 Å². The fourth-order valence-electron chi connectivity index (χ4n) is 3.02. The minimum atomic E-state index is -0.00149. The van der Waals surface area contributed by atoms with Crippen LogP contribution in [0.2, 0.25) is 0 Å². The van der Waals surface area contributed by atoms with E-state index in [9.17, 15) is 5.11 Å². The van der Waals surface area contributed by atoms with Gasteiger partial charge in [-0.3, -0.25) is 0 Å². The molecule has 0 aliphatic carbocycles. The fraction of sp³-hybridized carbons (Fsp3) is 0.400. The molecular weight excluding hydrogens is 330 g/mol. The van der Waals surface area contributed by atoms with E-state index in [-0.39, 0.29) is 12.6 Å². The van der Waals surface area contributed by atoms with Crippen molar-refractivity contribution in [3.05, 3.63) is 41.0 Å². The number of nitrogens with one attached hydrogen (secondary N) is 1. The third-order valence-electron chi connectivity index (χ3n) is 4.59. The number of aromatic nitrogens is 2. The summed E-state index contributed by atoms with van der Waals surface area (Å²) in [5.74, 6) is 0.816. The SMILES string of the molecule is CCc1ccc(-c2c(CC)sc3ncnc(NC(CC)CO)c23)cc1. The van der Waals surface area contributed by atoms with E-state index in [0.29, 0.717) is 0 Å². The molecule has 0 aliphatic heterocycles. The second kappa shape index (κ2) is 7.93. The van der Waals surface area contributed by atoms with Crippen LogP contribution in [-0.2, 0) is 12.8 Å². The van der Waals surface area contributed by atoms with Gasteiger partial charge in [-0.1, -0.05) is 45.0 Å². The summed E-state index contributed by atoms with van der Waals surface area (Å²) in [6.07, 6.45) is 4.44. The third kappa shape index (κ3) is 3.53. The Kier molecular flexibility index (Phi) is 5.66. The van der Waals surface area contributed by atoms with Gasteiger partial charge in [0.2, 0.25) is 0 Å². The highest BCUT2D eigenvalue weighted by Gasteiger charge is 2.19. The van der Waals surface area contributed by atoms with Crippen molar-refractivity contribution in [1.29, 1.82) is 0 Å². The highest BCUT2D eigenvalue weighted by molar-refractivity contribution is 7.19. The maximum Gasteiger partial charge on any atom is 0.139 e. The number of thiophene rings is 1. The summed E-state index contributed by atoms with van der Waals surface area (Å²) >= 11 is 1.73. The van der Waals surface area contributed by atoms with Crippen LogP contribution in [-0.4, -0.2) is 27.7 Å². The average Bonchev–Trinajstić information content (AvgIpc) is 3.05. The first kappa shape index (κ1) is 17.8. The molecule has 0 amide bonds. The van der Waals surface area contributed by atoms with Gasteiger partial charge in [0.25, 0.3) is 0 Å². The van der Waals surface area contributed by atoms with Crippen molar-refractivity contribution in [2.24, 2.45) is 0 Å². The van der Waals surface area contributed by atoms with Crippen molar-refractivity contribution in [2.45, 2.75) is 46.1 Å². The second-order valence-corrected chi connectivity index (χ2v) is 7.22. The molecule has 0 bridgehead atoms. The topological polar surface area (TPSA) is 58.0 Å². The van der Waals surface area contributed by atoms with Crippen molar-refractivity contribution < 1.29 is 5.11 Å². The van der Waals surface area contributed by atoms with E-state index in [0.717, 1.165) is 35.3 Å². The van der Waals surface area contributed by atoms with Crippen LogP contribution in [0.3, 0.4) is 0 Å². The van der Waals surface area contributed by atoms with Crippen LogP contribution in [0, 0.1) is 0 Å². The lowest BCUT2D eigenvalue weighted by atomic mass is 10.00. The molecule has 2 N–H and O–H groups in total. The lowest BCUT2D eigenvalue weighted by Crippen LogP contribution is -2.23. The largest absolute Gasteiger partial charge is 0.394 e. The molecule has 1 aromatic carbocycles. The molecule has 0 spiro atoms. The molecule has 4 nitrogen and oxygen atoms in total. The number of fused-ring (bicyclic) bond motifs is 1. The predicted molar refractivity (Wildman–Crippen MR) is 106 cm³/mol. The number of hydrogen-bond acceptors (Lipinski definition) is 5. The lowest BCUT2D eigenvalue weighted by Gasteiger charge is -2.16. The average molecular weight is 356 g/mol. The summed E-state index contributed by atoms with van der Waals surface area (Å²) in [4.78, 5) is 11.3. The van der Waals surface area contributed by atoms with Crippen LogP contribution in [0.4, 0.5) is 5.82 Å². The molecule has 25 heavy (non-hydrogen) atoms. The smallest absolute Gasteiger partial charge is 0.139 e. The minimum absolute atomic E-state index is 0.00149. The Morgan fingerprint density at radius 1 is 1.08 bits per heavy atom. The van der Waals surface area contributed by atoms with E-state index < -0.39 is 0 Å². The molecule has 132 valence electrons. The van der Waals surface area contributed by atoms with Crippen LogP contribution in [0.25, 0.3) is 21.3 Å². The number of hydrogen-bond donors (Lipinski definition) is 2. The van der Waals surface area contributed by atoms with Gasteiger partial charge in [0.15, 0.2) is 0 Å². The summed E-state index contributed by atoms with van der Waals surface area (Å²) in [5.41, 5.74) is 3.76. The Morgan fingerprint density at radius 2 is 1.84 bits per heavy atom. The highest BCUT2D eigenvalue weighted by atomic mass is 32.1. The summed E-state index contributed by atoms with van der Waals surface area (Å²) in [7, 11) is 0. The number of nitrogens with zero attached hydrogens (tertiary/aromatic N) is 2. The molecule has 0 radical (unpaired) electrons. The lowest BCUT2D eigenvalue weighted by molar-refractivity contribution is 0.271. The number of aliphatic hydroxyl groups is 1. The number of benzene rings is 1. The monoisotopic (exact) mass is 355 g/mol. The van der Waals surface area contributed by atoms with Crippen molar-refractivity contribution in [3.8, 4) is 11.1 Å². The van der Waals surface area contributed by atoms with Crippen LogP contribution in [0.5, 0.6) is 0 Å². The summed E-state index contributed by atoms with van der Waals surface area (Å²) in [6, 6.07) is 8.77. The summed E-state index contributed by atoms with van der Waals surface area (Å²) < 4.78 is 0. The molecule has 3 aromatic rings. The first-order valence-corrected chi connectivity index (χ1v) is 9.76. The first-order chi connectivity index (χ1) is 12.2. The number of anilines is 1.